The fourth-order valence-electron chi connectivity index (χ4n) is 3.44. The molecule has 2 aliphatic rings. The van der Waals surface area contributed by atoms with Crippen LogP contribution in [0.1, 0.15) is 60.6 Å². The van der Waals surface area contributed by atoms with Crippen LogP contribution in [0.25, 0.3) is 0 Å². The number of aliphatic hydroxyl groups excluding tert-OH is 1. The molecule has 5 heteroatoms. The monoisotopic (exact) mass is 346 g/mol. The number of rotatable bonds is 6. The van der Waals surface area contributed by atoms with Crippen molar-refractivity contribution in [2.45, 2.75) is 44.6 Å². The number of ether oxygens (including phenoxy) is 1. The number of nitrogens with zero attached hydrogens (tertiary/aromatic N) is 1. The Morgan fingerprint density at radius 3 is 2.88 bits per heavy atom. The lowest BCUT2D eigenvalue weighted by atomic mass is 9.99. The van der Waals surface area contributed by atoms with Crippen LogP contribution in [0.4, 0.5) is 5.69 Å². The summed E-state index contributed by atoms with van der Waals surface area (Å²) in [5, 5.41) is 13.7. The Labute approximate surface area is 150 Å². The number of methoxy groups -OCH3 is 1. The Morgan fingerprint density at radius 1 is 1.28 bits per heavy atom. The highest BCUT2D eigenvalue weighted by atomic mass is 16.5. The van der Waals surface area contributed by atoms with Crippen LogP contribution in [0.15, 0.2) is 18.2 Å². The van der Waals surface area contributed by atoms with Gasteiger partial charge in [0.25, 0.3) is 5.91 Å². The van der Waals surface area contributed by atoms with Gasteiger partial charge in [-0.05, 0) is 49.8 Å². The molecule has 0 radical (unpaired) electrons. The first-order chi connectivity index (χ1) is 12.2. The van der Waals surface area contributed by atoms with E-state index in [0.29, 0.717) is 18.1 Å². The largest absolute Gasteiger partial charge is 0.388 e. The van der Waals surface area contributed by atoms with Crippen molar-refractivity contribution in [3.8, 4) is 0 Å². The summed E-state index contributed by atoms with van der Waals surface area (Å²) in [7, 11) is 1.71. The number of anilines is 1. The van der Waals surface area contributed by atoms with Crippen molar-refractivity contribution in [1.29, 1.82) is 0 Å². The van der Waals surface area contributed by atoms with Gasteiger partial charge in [0.2, 0.25) is 0 Å². The normalized spacial score (nSPS) is 21.0. The molecule has 0 bridgehead atoms. The van der Waals surface area contributed by atoms with Crippen molar-refractivity contribution in [3.05, 3.63) is 29.3 Å². The van der Waals surface area contributed by atoms with Gasteiger partial charge in [-0.25, -0.2) is 0 Å². The zero-order chi connectivity index (χ0) is 17.6. The fraction of sp³-hybridized carbons (Fsp3) is 0.650. The predicted octanol–water partition coefficient (Wildman–Crippen LogP) is 2.89. The standard InChI is InChI=1S/C20H30N2O3/c1-25-12-11-22-10-4-2-3-5-19(23)17-13-16(8-9-18(17)22)20(24)21-14-15-6-7-15/h8-9,13,15,19,23H,2-7,10-12,14H2,1H3,(H,21,24). The number of hydrogen-bond acceptors (Lipinski definition) is 4. The van der Waals surface area contributed by atoms with Gasteiger partial charge in [-0.3, -0.25) is 4.79 Å². The fourth-order valence-corrected chi connectivity index (χ4v) is 3.44. The van der Waals surface area contributed by atoms with Gasteiger partial charge in [-0.1, -0.05) is 12.8 Å². The second-order valence-corrected chi connectivity index (χ2v) is 7.27. The molecule has 1 saturated carbocycles. The van der Waals surface area contributed by atoms with Crippen LogP contribution in [0.3, 0.4) is 0 Å². The smallest absolute Gasteiger partial charge is 0.251 e. The number of carbonyl (C=O) groups excluding carboxylic acids is 1. The van der Waals surface area contributed by atoms with Crippen molar-refractivity contribution in [2.24, 2.45) is 5.92 Å². The zero-order valence-corrected chi connectivity index (χ0v) is 15.2. The topological polar surface area (TPSA) is 61.8 Å². The first-order valence-corrected chi connectivity index (χ1v) is 9.53. The molecule has 1 heterocycles. The van der Waals surface area contributed by atoms with E-state index in [0.717, 1.165) is 56.6 Å². The Bertz CT molecular complexity index is 586. The molecule has 1 aromatic carbocycles. The maximum Gasteiger partial charge on any atom is 0.251 e. The number of carbonyl (C=O) groups is 1. The lowest BCUT2D eigenvalue weighted by Crippen LogP contribution is -2.30. The second-order valence-electron chi connectivity index (χ2n) is 7.27. The first-order valence-electron chi connectivity index (χ1n) is 9.53. The van der Waals surface area contributed by atoms with Crippen LogP contribution >= 0.6 is 0 Å². The van der Waals surface area contributed by atoms with Crippen LogP contribution < -0.4 is 10.2 Å². The van der Waals surface area contributed by atoms with Gasteiger partial charge in [0, 0.05) is 43.6 Å². The first kappa shape index (κ1) is 18.2. The summed E-state index contributed by atoms with van der Waals surface area (Å²) < 4.78 is 5.24. The van der Waals surface area contributed by atoms with Crippen molar-refractivity contribution >= 4 is 11.6 Å². The van der Waals surface area contributed by atoms with Gasteiger partial charge < -0.3 is 20.1 Å². The SMILES string of the molecule is COCCN1CCCCCC(O)c2cc(C(=O)NCC3CC3)ccc21. The van der Waals surface area contributed by atoms with Gasteiger partial charge in [0.1, 0.15) is 0 Å². The van der Waals surface area contributed by atoms with Crippen LogP contribution in [0.5, 0.6) is 0 Å². The molecule has 1 atom stereocenters. The Hall–Kier alpha value is -1.59. The van der Waals surface area contributed by atoms with E-state index in [-0.39, 0.29) is 5.91 Å². The van der Waals surface area contributed by atoms with Crippen molar-refractivity contribution in [2.75, 3.05) is 38.3 Å². The summed E-state index contributed by atoms with van der Waals surface area (Å²) in [4.78, 5) is 14.7. The third-order valence-electron chi connectivity index (χ3n) is 5.21. The highest BCUT2D eigenvalue weighted by Crippen LogP contribution is 2.33. The molecular formula is C20H30N2O3. The summed E-state index contributed by atoms with van der Waals surface area (Å²) in [5.74, 6) is 0.622. The van der Waals surface area contributed by atoms with Gasteiger partial charge in [-0.2, -0.15) is 0 Å². The van der Waals surface area contributed by atoms with Crippen LogP contribution in [-0.2, 0) is 4.74 Å². The highest BCUT2D eigenvalue weighted by molar-refractivity contribution is 5.95. The summed E-state index contributed by atoms with van der Waals surface area (Å²) in [6.45, 7) is 3.16. The molecule has 1 aliphatic heterocycles. The second kappa shape index (κ2) is 8.68. The number of benzene rings is 1. The van der Waals surface area contributed by atoms with E-state index < -0.39 is 6.10 Å². The average molecular weight is 346 g/mol. The molecule has 1 amide bonds. The lowest BCUT2D eigenvalue weighted by Gasteiger charge is -2.28. The third-order valence-corrected chi connectivity index (χ3v) is 5.21. The number of nitrogens with one attached hydrogen (secondary N) is 1. The highest BCUT2D eigenvalue weighted by Gasteiger charge is 2.23. The zero-order valence-electron chi connectivity index (χ0n) is 15.2. The molecule has 138 valence electrons. The molecule has 1 unspecified atom stereocenters. The third kappa shape index (κ3) is 4.95. The predicted molar refractivity (Wildman–Crippen MR) is 99.0 cm³/mol. The van der Waals surface area contributed by atoms with Gasteiger partial charge >= 0.3 is 0 Å². The van der Waals surface area contributed by atoms with Crippen molar-refractivity contribution in [3.63, 3.8) is 0 Å². The molecule has 25 heavy (non-hydrogen) atoms. The molecular weight excluding hydrogens is 316 g/mol. The van der Waals surface area contributed by atoms with E-state index in [2.05, 4.69) is 10.2 Å². The molecule has 1 aliphatic carbocycles. The van der Waals surface area contributed by atoms with E-state index in [4.69, 9.17) is 4.74 Å². The Kier molecular flexibility index (Phi) is 6.32. The summed E-state index contributed by atoms with van der Waals surface area (Å²) >= 11 is 0. The molecule has 1 aromatic rings. The minimum atomic E-state index is -0.519. The van der Waals surface area contributed by atoms with E-state index in [1.165, 1.54) is 12.8 Å². The Morgan fingerprint density at radius 2 is 2.12 bits per heavy atom. The van der Waals surface area contributed by atoms with Crippen LogP contribution in [0.2, 0.25) is 0 Å². The van der Waals surface area contributed by atoms with E-state index >= 15 is 0 Å². The number of hydrogen-bond donors (Lipinski definition) is 2. The molecule has 5 nitrogen and oxygen atoms in total. The molecule has 0 spiro atoms. The maximum absolute atomic E-state index is 12.4. The van der Waals surface area contributed by atoms with E-state index in [1.807, 2.05) is 18.2 Å². The number of amides is 1. The number of aliphatic hydroxyl groups is 1. The van der Waals surface area contributed by atoms with Gasteiger partial charge in [0.15, 0.2) is 0 Å². The lowest BCUT2D eigenvalue weighted by molar-refractivity contribution is 0.0951. The Balaban J connectivity index is 1.82. The van der Waals surface area contributed by atoms with Gasteiger partial charge in [-0.15, -0.1) is 0 Å². The average Bonchev–Trinajstić information content (AvgIpc) is 3.44. The maximum atomic E-state index is 12.4. The van der Waals surface area contributed by atoms with Crippen LogP contribution in [0, 0.1) is 5.92 Å². The molecule has 2 N–H and O–H groups in total. The van der Waals surface area contributed by atoms with E-state index in [1.54, 1.807) is 7.11 Å². The minimum Gasteiger partial charge on any atom is -0.388 e. The van der Waals surface area contributed by atoms with Crippen molar-refractivity contribution in [1.82, 2.24) is 5.32 Å². The number of fused-ring (bicyclic) bond motifs is 1. The summed E-state index contributed by atoms with van der Waals surface area (Å²) in [6, 6.07) is 5.75. The minimum absolute atomic E-state index is 0.0368. The summed E-state index contributed by atoms with van der Waals surface area (Å²) in [5.41, 5.74) is 2.55. The quantitative estimate of drug-likeness (QED) is 0.831. The molecule has 1 fully saturated rings. The molecule has 0 saturated heterocycles. The summed E-state index contributed by atoms with van der Waals surface area (Å²) in [6.07, 6.45) is 5.90. The van der Waals surface area contributed by atoms with Crippen molar-refractivity contribution < 1.29 is 14.6 Å². The van der Waals surface area contributed by atoms with E-state index in [9.17, 15) is 9.90 Å². The van der Waals surface area contributed by atoms with Crippen LogP contribution in [-0.4, -0.2) is 44.4 Å². The molecule has 3 rings (SSSR count). The van der Waals surface area contributed by atoms with Gasteiger partial charge in [0.05, 0.1) is 12.7 Å². The molecule has 0 aromatic heterocycles.